The molecule has 0 amide bonds. The highest BCUT2D eigenvalue weighted by Gasteiger charge is 2.30. The fourth-order valence-electron chi connectivity index (χ4n) is 6.23. The summed E-state index contributed by atoms with van der Waals surface area (Å²) in [6.07, 6.45) is -4.50. The minimum absolute atomic E-state index is 0.118. The average molecular weight is 583 g/mol. The molecule has 8 rings (SSSR count). The Hall–Kier alpha value is -5.42. The monoisotopic (exact) mass is 582 g/mol. The quantitative estimate of drug-likeness (QED) is 0.149. The van der Waals surface area contributed by atoms with Crippen molar-refractivity contribution in [2.24, 2.45) is 0 Å². The molecule has 1 heterocycles. The Morgan fingerprint density at radius 3 is 1.95 bits per heavy atom. The van der Waals surface area contributed by atoms with Gasteiger partial charge in [-0.2, -0.15) is 13.2 Å². The fourth-order valence-corrected chi connectivity index (χ4v) is 6.23. The second-order valence-electron chi connectivity index (χ2n) is 11.0. The highest BCUT2D eigenvalue weighted by atomic mass is 19.4. The Labute approximate surface area is 250 Å². The van der Waals surface area contributed by atoms with Crippen molar-refractivity contribution in [3.8, 4) is 56.0 Å². The van der Waals surface area contributed by atoms with Crippen molar-refractivity contribution in [1.29, 1.82) is 0 Å². The van der Waals surface area contributed by atoms with E-state index in [9.17, 15) is 13.2 Å². The number of halogens is 4. The van der Waals surface area contributed by atoms with Gasteiger partial charge < -0.3 is 4.74 Å². The molecule has 5 heteroatoms. The van der Waals surface area contributed by atoms with Crippen LogP contribution in [0.15, 0.2) is 133 Å². The zero-order chi connectivity index (χ0) is 30.0. The largest absolute Gasteiger partial charge is 0.456 e. The maximum absolute atomic E-state index is 15.3. The Kier molecular flexibility index (Phi) is 5.85. The third kappa shape index (κ3) is 4.32. The second kappa shape index (κ2) is 9.81. The first-order chi connectivity index (χ1) is 21.3. The first-order valence-electron chi connectivity index (χ1n) is 14.2. The number of ether oxygens (including phenoxy) is 1. The van der Waals surface area contributed by atoms with E-state index in [1.54, 1.807) is 6.07 Å². The van der Waals surface area contributed by atoms with E-state index in [0.717, 1.165) is 67.6 Å². The van der Waals surface area contributed by atoms with E-state index in [4.69, 9.17) is 4.74 Å². The van der Waals surface area contributed by atoms with Crippen molar-refractivity contribution in [3.63, 3.8) is 0 Å². The first-order valence-corrected chi connectivity index (χ1v) is 14.2. The normalized spacial score (nSPS) is 12.3. The molecule has 44 heavy (non-hydrogen) atoms. The number of fused-ring (bicyclic) bond motifs is 4. The van der Waals surface area contributed by atoms with Gasteiger partial charge in [-0.25, -0.2) is 4.39 Å². The Balaban J connectivity index is 1.17. The fraction of sp³-hybridized carbons (Fsp3) is 0.0256. The third-order valence-electron chi connectivity index (χ3n) is 8.34. The van der Waals surface area contributed by atoms with Gasteiger partial charge in [-0.3, -0.25) is 0 Å². The summed E-state index contributed by atoms with van der Waals surface area (Å²) in [6, 6.07) is 40.0. The van der Waals surface area contributed by atoms with Gasteiger partial charge in [-0.15, -0.1) is 0 Å². The lowest BCUT2D eigenvalue weighted by atomic mass is 9.90. The first kappa shape index (κ1) is 26.2. The summed E-state index contributed by atoms with van der Waals surface area (Å²) in [4.78, 5) is 0. The van der Waals surface area contributed by atoms with E-state index in [1.165, 1.54) is 29.7 Å². The van der Waals surface area contributed by atoms with E-state index in [1.807, 2.05) is 48.5 Å². The van der Waals surface area contributed by atoms with Crippen molar-refractivity contribution < 1.29 is 22.3 Å². The predicted molar refractivity (Wildman–Crippen MR) is 168 cm³/mol. The van der Waals surface area contributed by atoms with Crippen molar-refractivity contribution in [1.82, 2.24) is 0 Å². The van der Waals surface area contributed by atoms with Crippen molar-refractivity contribution >= 4 is 21.5 Å². The molecule has 0 spiro atoms. The summed E-state index contributed by atoms with van der Waals surface area (Å²) in [5.41, 5.74) is 4.95. The van der Waals surface area contributed by atoms with Gasteiger partial charge in [-0.05, 0) is 92.0 Å². The molecular weight excluding hydrogens is 560 g/mol. The topological polar surface area (TPSA) is 9.23 Å². The molecule has 212 valence electrons. The molecule has 0 saturated carbocycles. The molecule has 0 atom stereocenters. The van der Waals surface area contributed by atoms with Crippen molar-refractivity contribution in [3.05, 3.63) is 145 Å². The van der Waals surface area contributed by atoms with Crippen LogP contribution in [0.3, 0.4) is 0 Å². The summed E-state index contributed by atoms with van der Waals surface area (Å²) < 4.78 is 61.4. The van der Waals surface area contributed by atoms with Gasteiger partial charge in [-0.1, -0.05) is 91.0 Å². The molecule has 1 aliphatic heterocycles. The van der Waals surface area contributed by atoms with E-state index >= 15 is 4.39 Å². The number of alkyl halides is 3. The number of rotatable bonds is 3. The molecule has 0 saturated heterocycles. The number of hydrogen-bond acceptors (Lipinski definition) is 1. The van der Waals surface area contributed by atoms with Gasteiger partial charge in [0.1, 0.15) is 17.3 Å². The maximum atomic E-state index is 15.3. The molecule has 0 unspecified atom stereocenters. The van der Waals surface area contributed by atoms with Crippen LogP contribution in [0, 0.1) is 5.82 Å². The number of hydrogen-bond donors (Lipinski definition) is 0. The molecular formula is C39H22F4O. The lowest BCUT2D eigenvalue weighted by Crippen LogP contribution is -2.04. The van der Waals surface area contributed by atoms with Crippen LogP contribution in [0.5, 0.6) is 11.5 Å². The highest BCUT2D eigenvalue weighted by molar-refractivity contribution is 6.16. The van der Waals surface area contributed by atoms with E-state index in [-0.39, 0.29) is 11.1 Å². The highest BCUT2D eigenvalue weighted by Crippen LogP contribution is 2.49. The molecule has 0 radical (unpaired) electrons. The van der Waals surface area contributed by atoms with Crippen LogP contribution < -0.4 is 4.74 Å². The third-order valence-corrected chi connectivity index (χ3v) is 8.34. The van der Waals surface area contributed by atoms with E-state index < -0.39 is 17.6 Å². The molecule has 7 aromatic carbocycles. The van der Waals surface area contributed by atoms with Crippen LogP contribution >= 0.6 is 0 Å². The van der Waals surface area contributed by atoms with Crippen LogP contribution in [0.25, 0.3) is 66.1 Å². The molecule has 1 nitrogen and oxygen atoms in total. The standard InChI is InChI=1S/C39H22F4O/c40-35-21-26(14-16-31(35)27-9-4-10-29(19-27)39(41,42)43)24-8-3-7-23(18-24)25-15-17-36-34(20-25)33-13-5-12-32-30-11-2-1-6-28(30)22-37(44-36)38(32)33/h1-22H. The summed E-state index contributed by atoms with van der Waals surface area (Å²) in [6.45, 7) is 0. The van der Waals surface area contributed by atoms with Crippen LogP contribution in [-0.4, -0.2) is 0 Å². The summed E-state index contributed by atoms with van der Waals surface area (Å²) in [5.74, 6) is 1.04. The molecule has 0 bridgehead atoms. The molecule has 0 aromatic heterocycles. The smallest absolute Gasteiger partial charge is 0.416 e. The second-order valence-corrected chi connectivity index (χ2v) is 11.0. The summed E-state index contributed by atoms with van der Waals surface area (Å²) in [5, 5.41) is 4.53. The van der Waals surface area contributed by atoms with E-state index in [0.29, 0.717) is 5.56 Å². The van der Waals surface area contributed by atoms with Gasteiger partial charge in [0, 0.05) is 16.5 Å². The molecule has 7 aromatic rings. The minimum Gasteiger partial charge on any atom is -0.456 e. The van der Waals surface area contributed by atoms with Crippen LogP contribution in [0.1, 0.15) is 5.56 Å². The van der Waals surface area contributed by atoms with E-state index in [2.05, 4.69) is 42.5 Å². The zero-order valence-electron chi connectivity index (χ0n) is 23.1. The van der Waals surface area contributed by atoms with Crippen molar-refractivity contribution in [2.45, 2.75) is 6.18 Å². The maximum Gasteiger partial charge on any atom is 0.416 e. The molecule has 0 N–H and O–H groups in total. The van der Waals surface area contributed by atoms with Gasteiger partial charge in [0.15, 0.2) is 0 Å². The average Bonchev–Trinajstić information content (AvgIpc) is 3.04. The van der Waals surface area contributed by atoms with Gasteiger partial charge in [0.2, 0.25) is 0 Å². The zero-order valence-corrected chi connectivity index (χ0v) is 23.1. The Bertz CT molecular complexity index is 2260. The molecule has 0 aliphatic carbocycles. The lowest BCUT2D eigenvalue weighted by molar-refractivity contribution is -0.137. The Morgan fingerprint density at radius 2 is 1.14 bits per heavy atom. The van der Waals surface area contributed by atoms with Crippen molar-refractivity contribution in [2.75, 3.05) is 0 Å². The van der Waals surface area contributed by atoms with Gasteiger partial charge in [0.25, 0.3) is 0 Å². The minimum atomic E-state index is -4.50. The lowest BCUT2D eigenvalue weighted by Gasteiger charge is -2.23. The number of benzene rings is 7. The van der Waals surface area contributed by atoms with Crippen LogP contribution in [-0.2, 0) is 6.18 Å². The SMILES string of the molecule is Fc1cc(-c2cccc(-c3ccc4c(c3)-c3cccc5c3c(cc3ccccc35)O4)c2)ccc1-c1cccc(C(F)(F)F)c1. The van der Waals surface area contributed by atoms with Crippen LogP contribution in [0.4, 0.5) is 17.6 Å². The van der Waals surface area contributed by atoms with Gasteiger partial charge in [0.05, 0.1) is 5.56 Å². The Morgan fingerprint density at radius 1 is 0.455 bits per heavy atom. The molecule has 1 aliphatic rings. The summed E-state index contributed by atoms with van der Waals surface area (Å²) in [7, 11) is 0. The van der Waals surface area contributed by atoms with Crippen LogP contribution in [0.2, 0.25) is 0 Å². The predicted octanol–water partition coefficient (Wildman–Crippen LogP) is 11.9. The molecule has 0 fully saturated rings. The van der Waals surface area contributed by atoms with Gasteiger partial charge >= 0.3 is 6.18 Å². The summed E-state index contributed by atoms with van der Waals surface area (Å²) >= 11 is 0.